The highest BCUT2D eigenvalue weighted by molar-refractivity contribution is 5.37. The van der Waals surface area contributed by atoms with Crippen LogP contribution in [0, 0.1) is 11.7 Å². The second kappa shape index (κ2) is 5.50. The first-order valence-corrected chi connectivity index (χ1v) is 6.32. The van der Waals surface area contributed by atoms with E-state index in [0.29, 0.717) is 17.2 Å². The first-order valence-electron chi connectivity index (χ1n) is 6.32. The molecule has 1 aliphatic carbocycles. The molecular formula is C14H20FNO. The van der Waals surface area contributed by atoms with Gasteiger partial charge in [-0.25, -0.2) is 4.39 Å². The van der Waals surface area contributed by atoms with Gasteiger partial charge in [-0.05, 0) is 30.9 Å². The molecule has 0 spiro atoms. The summed E-state index contributed by atoms with van der Waals surface area (Å²) in [6.45, 7) is 0. The molecule has 1 aromatic carbocycles. The van der Waals surface area contributed by atoms with Crippen LogP contribution in [0.3, 0.4) is 0 Å². The maximum Gasteiger partial charge on any atom is 0.131 e. The molecule has 1 aromatic rings. The molecule has 0 heterocycles. The smallest absolute Gasteiger partial charge is 0.131 e. The fourth-order valence-electron chi connectivity index (χ4n) is 2.75. The Morgan fingerprint density at radius 1 is 1.29 bits per heavy atom. The number of rotatable bonds is 3. The molecule has 0 unspecified atom stereocenters. The molecule has 0 aliphatic heterocycles. The van der Waals surface area contributed by atoms with Gasteiger partial charge in [-0.3, -0.25) is 0 Å². The minimum absolute atomic E-state index is 0.244. The van der Waals surface area contributed by atoms with Crippen LogP contribution in [-0.4, -0.2) is 7.11 Å². The van der Waals surface area contributed by atoms with Crippen molar-refractivity contribution in [1.29, 1.82) is 0 Å². The number of hydrogen-bond acceptors (Lipinski definition) is 2. The van der Waals surface area contributed by atoms with Crippen molar-refractivity contribution >= 4 is 0 Å². The lowest BCUT2D eigenvalue weighted by molar-refractivity contribution is 0.295. The Balaban J connectivity index is 2.25. The number of ether oxygens (including phenoxy) is 1. The predicted octanol–water partition coefficient (Wildman–Crippen LogP) is 3.41. The molecule has 17 heavy (non-hydrogen) atoms. The zero-order valence-corrected chi connectivity index (χ0v) is 10.3. The third kappa shape index (κ3) is 2.60. The summed E-state index contributed by atoms with van der Waals surface area (Å²) in [5, 5.41) is 0. The fourth-order valence-corrected chi connectivity index (χ4v) is 2.75. The van der Waals surface area contributed by atoms with Crippen molar-refractivity contribution in [3.63, 3.8) is 0 Å². The van der Waals surface area contributed by atoms with Crippen LogP contribution in [0.2, 0.25) is 0 Å². The minimum Gasteiger partial charge on any atom is -0.496 e. The Bertz CT molecular complexity index is 374. The van der Waals surface area contributed by atoms with Gasteiger partial charge in [0.1, 0.15) is 11.6 Å². The summed E-state index contributed by atoms with van der Waals surface area (Å²) >= 11 is 0. The predicted molar refractivity (Wildman–Crippen MR) is 66.5 cm³/mol. The summed E-state index contributed by atoms with van der Waals surface area (Å²) in [7, 11) is 1.56. The van der Waals surface area contributed by atoms with Gasteiger partial charge in [0.05, 0.1) is 7.11 Å². The van der Waals surface area contributed by atoms with Crippen molar-refractivity contribution in [1.82, 2.24) is 0 Å². The maximum atomic E-state index is 13.9. The molecule has 0 radical (unpaired) electrons. The maximum absolute atomic E-state index is 13.9. The van der Waals surface area contributed by atoms with Crippen LogP contribution in [0.1, 0.15) is 43.7 Å². The van der Waals surface area contributed by atoms with E-state index in [-0.39, 0.29) is 11.9 Å². The molecule has 1 saturated carbocycles. The molecule has 2 N–H and O–H groups in total. The lowest BCUT2D eigenvalue weighted by atomic mass is 9.81. The van der Waals surface area contributed by atoms with Gasteiger partial charge in [0.2, 0.25) is 0 Å². The number of benzene rings is 1. The number of methoxy groups -OCH3 is 1. The third-order valence-electron chi connectivity index (χ3n) is 3.72. The van der Waals surface area contributed by atoms with Gasteiger partial charge in [0, 0.05) is 11.6 Å². The minimum atomic E-state index is -0.248. The van der Waals surface area contributed by atoms with E-state index < -0.39 is 0 Å². The molecule has 1 atom stereocenters. The van der Waals surface area contributed by atoms with Gasteiger partial charge >= 0.3 is 0 Å². The average molecular weight is 237 g/mol. The second-order valence-electron chi connectivity index (χ2n) is 4.78. The molecule has 94 valence electrons. The molecule has 1 aliphatic rings. The van der Waals surface area contributed by atoms with Crippen LogP contribution in [0.5, 0.6) is 5.75 Å². The molecule has 0 bridgehead atoms. The first kappa shape index (κ1) is 12.4. The Hall–Kier alpha value is -1.09. The Morgan fingerprint density at radius 3 is 2.65 bits per heavy atom. The van der Waals surface area contributed by atoms with Crippen LogP contribution in [0.25, 0.3) is 0 Å². The number of hydrogen-bond donors (Lipinski definition) is 1. The third-order valence-corrected chi connectivity index (χ3v) is 3.72. The lowest BCUT2D eigenvalue weighted by Gasteiger charge is -2.28. The molecule has 0 amide bonds. The van der Waals surface area contributed by atoms with Crippen LogP contribution in [0.4, 0.5) is 4.39 Å². The van der Waals surface area contributed by atoms with E-state index in [2.05, 4.69) is 0 Å². The monoisotopic (exact) mass is 237 g/mol. The second-order valence-corrected chi connectivity index (χ2v) is 4.78. The van der Waals surface area contributed by atoms with E-state index in [4.69, 9.17) is 10.5 Å². The van der Waals surface area contributed by atoms with Gasteiger partial charge in [0.15, 0.2) is 0 Å². The van der Waals surface area contributed by atoms with Crippen LogP contribution in [0.15, 0.2) is 18.2 Å². The van der Waals surface area contributed by atoms with E-state index in [0.717, 1.165) is 12.8 Å². The zero-order valence-electron chi connectivity index (χ0n) is 10.3. The van der Waals surface area contributed by atoms with Crippen LogP contribution >= 0.6 is 0 Å². The van der Waals surface area contributed by atoms with Crippen molar-refractivity contribution in [2.75, 3.05) is 7.11 Å². The standard InChI is InChI=1S/C14H20FNO/c1-17-12-9-5-8-11(15)13(12)14(16)10-6-3-2-4-7-10/h5,8-10,14H,2-4,6-7,16H2,1H3/t14-/m1/s1. The topological polar surface area (TPSA) is 35.2 Å². The molecule has 0 aromatic heterocycles. The number of halogens is 1. The summed E-state index contributed by atoms with van der Waals surface area (Å²) in [6.07, 6.45) is 5.87. The van der Waals surface area contributed by atoms with Crippen molar-refractivity contribution < 1.29 is 9.13 Å². The molecule has 3 heteroatoms. The summed E-state index contributed by atoms with van der Waals surface area (Å²) in [4.78, 5) is 0. The SMILES string of the molecule is COc1cccc(F)c1[C@H](N)C1CCCCC1. The average Bonchev–Trinajstić information content (AvgIpc) is 2.38. The van der Waals surface area contributed by atoms with Gasteiger partial charge in [-0.2, -0.15) is 0 Å². The lowest BCUT2D eigenvalue weighted by Crippen LogP contribution is -2.25. The highest BCUT2D eigenvalue weighted by atomic mass is 19.1. The van der Waals surface area contributed by atoms with Crippen molar-refractivity contribution in [3.8, 4) is 5.75 Å². The van der Waals surface area contributed by atoms with Gasteiger partial charge < -0.3 is 10.5 Å². The summed E-state index contributed by atoms with van der Waals surface area (Å²) in [6, 6.07) is 4.65. The molecule has 1 fully saturated rings. The largest absolute Gasteiger partial charge is 0.496 e. The van der Waals surface area contributed by atoms with Gasteiger partial charge in [0.25, 0.3) is 0 Å². The summed E-state index contributed by atoms with van der Waals surface area (Å²) < 4.78 is 19.1. The molecular weight excluding hydrogens is 217 g/mol. The fraction of sp³-hybridized carbons (Fsp3) is 0.571. The Morgan fingerprint density at radius 2 is 2.00 bits per heavy atom. The summed E-state index contributed by atoms with van der Waals surface area (Å²) in [5.41, 5.74) is 6.77. The van der Waals surface area contributed by atoms with E-state index in [1.54, 1.807) is 19.2 Å². The van der Waals surface area contributed by atoms with E-state index in [1.807, 2.05) is 0 Å². The van der Waals surface area contributed by atoms with Crippen molar-refractivity contribution in [2.24, 2.45) is 11.7 Å². The first-order chi connectivity index (χ1) is 8.24. The van der Waals surface area contributed by atoms with E-state index >= 15 is 0 Å². The summed E-state index contributed by atoms with van der Waals surface area (Å²) in [5.74, 6) is 0.708. The Kier molecular flexibility index (Phi) is 4.00. The van der Waals surface area contributed by atoms with Gasteiger partial charge in [-0.1, -0.05) is 25.3 Å². The van der Waals surface area contributed by atoms with Crippen LogP contribution in [-0.2, 0) is 0 Å². The van der Waals surface area contributed by atoms with Crippen molar-refractivity contribution in [3.05, 3.63) is 29.6 Å². The highest BCUT2D eigenvalue weighted by Gasteiger charge is 2.26. The van der Waals surface area contributed by atoms with Crippen molar-refractivity contribution in [2.45, 2.75) is 38.1 Å². The number of nitrogens with two attached hydrogens (primary N) is 1. The highest BCUT2D eigenvalue weighted by Crippen LogP contribution is 2.37. The normalized spacial score (nSPS) is 19.0. The van der Waals surface area contributed by atoms with Crippen LogP contribution < -0.4 is 10.5 Å². The van der Waals surface area contributed by atoms with E-state index in [9.17, 15) is 4.39 Å². The quantitative estimate of drug-likeness (QED) is 0.874. The molecule has 2 nitrogen and oxygen atoms in total. The van der Waals surface area contributed by atoms with E-state index in [1.165, 1.54) is 25.3 Å². The van der Waals surface area contributed by atoms with Gasteiger partial charge in [-0.15, -0.1) is 0 Å². The zero-order chi connectivity index (χ0) is 12.3. The Labute approximate surface area is 102 Å². The molecule has 0 saturated heterocycles. The molecule has 2 rings (SSSR count).